The van der Waals surface area contributed by atoms with E-state index in [4.69, 9.17) is 0 Å². The molecule has 0 fully saturated rings. The Bertz CT molecular complexity index is 745. The predicted octanol–water partition coefficient (Wildman–Crippen LogP) is 1.73. The molecule has 2 aromatic rings. The Balaban J connectivity index is 1.60. The fraction of sp³-hybridized carbons (Fsp3) is 0.188. The summed E-state index contributed by atoms with van der Waals surface area (Å²) in [5.41, 5.74) is 3.72. The van der Waals surface area contributed by atoms with Crippen molar-refractivity contribution in [1.82, 2.24) is 9.88 Å². The second-order valence-corrected chi connectivity index (χ2v) is 5.39. The second-order valence-electron chi connectivity index (χ2n) is 5.39. The van der Waals surface area contributed by atoms with Crippen LogP contribution in [0.3, 0.4) is 0 Å². The van der Waals surface area contributed by atoms with Crippen LogP contribution in [-0.2, 0) is 24.3 Å². The molecule has 0 bridgehead atoms. The molecule has 0 radical (unpaired) electrons. The molecule has 0 aliphatic carbocycles. The zero-order chi connectivity index (χ0) is 14.4. The van der Waals surface area contributed by atoms with Crippen LogP contribution in [0.4, 0.5) is 5.82 Å². The third kappa shape index (κ3) is 1.98. The van der Waals surface area contributed by atoms with Crippen LogP contribution in [0.5, 0.6) is 0 Å². The molecule has 0 atom stereocenters. The van der Waals surface area contributed by atoms with Crippen LogP contribution >= 0.6 is 0 Å². The molecule has 1 aromatic heterocycles. The van der Waals surface area contributed by atoms with E-state index in [2.05, 4.69) is 10.3 Å². The van der Waals surface area contributed by atoms with Gasteiger partial charge in [-0.15, -0.1) is 0 Å². The molecule has 5 nitrogen and oxygen atoms in total. The summed E-state index contributed by atoms with van der Waals surface area (Å²) in [5, 5.41) is 2.67. The minimum absolute atomic E-state index is 0.0409. The first-order chi connectivity index (χ1) is 10.2. The first-order valence-electron chi connectivity index (χ1n) is 6.85. The predicted molar refractivity (Wildman–Crippen MR) is 76.6 cm³/mol. The fourth-order valence-electron chi connectivity index (χ4n) is 2.88. The first kappa shape index (κ1) is 12.1. The summed E-state index contributed by atoms with van der Waals surface area (Å²) in [6.45, 7) is 1.26. The van der Waals surface area contributed by atoms with E-state index in [1.165, 1.54) is 17.3 Å². The second kappa shape index (κ2) is 4.41. The molecule has 104 valence electrons. The van der Waals surface area contributed by atoms with Gasteiger partial charge in [0.05, 0.1) is 12.0 Å². The standard InChI is InChI=1S/C16H13N3O2/c20-14-6-12-5-13(7-17-15(12)18-14)16(21)19-8-10-3-1-2-4-11(10)9-19/h1-5,7H,6,8-9H2,(H,17,18,20). The number of nitrogens with one attached hydrogen (secondary N) is 1. The molecule has 0 unspecified atom stereocenters. The molecule has 0 saturated carbocycles. The molecule has 0 saturated heterocycles. The summed E-state index contributed by atoms with van der Waals surface area (Å²) < 4.78 is 0. The third-order valence-corrected chi connectivity index (χ3v) is 3.95. The van der Waals surface area contributed by atoms with Gasteiger partial charge in [0.15, 0.2) is 0 Å². The third-order valence-electron chi connectivity index (χ3n) is 3.95. The Kier molecular flexibility index (Phi) is 2.54. The highest BCUT2D eigenvalue weighted by molar-refractivity contribution is 6.00. The highest BCUT2D eigenvalue weighted by atomic mass is 16.2. The van der Waals surface area contributed by atoms with Gasteiger partial charge in [0.25, 0.3) is 5.91 Å². The summed E-state index contributed by atoms with van der Waals surface area (Å²) in [7, 11) is 0. The molecule has 3 heterocycles. The van der Waals surface area contributed by atoms with Crippen LogP contribution in [-0.4, -0.2) is 21.7 Å². The molecule has 2 amide bonds. The number of benzene rings is 1. The lowest BCUT2D eigenvalue weighted by molar-refractivity contribution is -0.115. The first-order valence-corrected chi connectivity index (χ1v) is 6.85. The zero-order valence-electron chi connectivity index (χ0n) is 11.3. The van der Waals surface area contributed by atoms with Gasteiger partial charge in [-0.25, -0.2) is 4.98 Å². The molecule has 21 heavy (non-hydrogen) atoms. The minimum Gasteiger partial charge on any atom is -0.330 e. The van der Waals surface area contributed by atoms with Gasteiger partial charge in [0.2, 0.25) is 5.91 Å². The van der Waals surface area contributed by atoms with Crippen molar-refractivity contribution in [2.75, 3.05) is 5.32 Å². The molecule has 2 aliphatic heterocycles. The van der Waals surface area contributed by atoms with Crippen molar-refractivity contribution in [3.05, 3.63) is 58.8 Å². The van der Waals surface area contributed by atoms with Crippen molar-refractivity contribution in [2.45, 2.75) is 19.5 Å². The summed E-state index contributed by atoms with van der Waals surface area (Å²) in [6.07, 6.45) is 1.83. The number of carbonyl (C=O) groups excluding carboxylic acids is 2. The smallest absolute Gasteiger partial charge is 0.256 e. The highest BCUT2D eigenvalue weighted by Crippen LogP contribution is 2.26. The number of amides is 2. The van der Waals surface area contributed by atoms with E-state index in [0.29, 0.717) is 30.9 Å². The van der Waals surface area contributed by atoms with Crippen LogP contribution in [0.2, 0.25) is 0 Å². The van der Waals surface area contributed by atoms with Crippen LogP contribution < -0.4 is 5.32 Å². The number of fused-ring (bicyclic) bond motifs is 2. The average molecular weight is 279 g/mol. The van der Waals surface area contributed by atoms with Crippen molar-refractivity contribution < 1.29 is 9.59 Å². The number of pyridine rings is 1. The number of anilines is 1. The SMILES string of the molecule is O=C1Cc2cc(C(=O)N3Cc4ccccc4C3)cnc2N1. The summed E-state index contributed by atoms with van der Waals surface area (Å²) in [6, 6.07) is 9.84. The monoisotopic (exact) mass is 279 g/mol. The van der Waals surface area contributed by atoms with E-state index in [1.807, 2.05) is 24.3 Å². The van der Waals surface area contributed by atoms with E-state index >= 15 is 0 Å². The van der Waals surface area contributed by atoms with Gasteiger partial charge in [-0.05, 0) is 17.2 Å². The molecule has 5 heteroatoms. The average Bonchev–Trinajstić information content (AvgIpc) is 3.07. The largest absolute Gasteiger partial charge is 0.330 e. The van der Waals surface area contributed by atoms with E-state index in [-0.39, 0.29) is 11.8 Å². The number of hydrogen-bond donors (Lipinski definition) is 1. The Hall–Kier alpha value is -2.69. The highest BCUT2D eigenvalue weighted by Gasteiger charge is 2.26. The maximum atomic E-state index is 12.6. The van der Waals surface area contributed by atoms with E-state index < -0.39 is 0 Å². The number of nitrogens with zero attached hydrogens (tertiary/aromatic N) is 2. The fourth-order valence-corrected chi connectivity index (χ4v) is 2.88. The van der Waals surface area contributed by atoms with Crippen molar-refractivity contribution in [1.29, 1.82) is 0 Å². The quantitative estimate of drug-likeness (QED) is 0.864. The number of carbonyl (C=O) groups is 2. The Morgan fingerprint density at radius 2 is 1.86 bits per heavy atom. The maximum Gasteiger partial charge on any atom is 0.256 e. The summed E-state index contributed by atoms with van der Waals surface area (Å²) in [5.74, 6) is 0.456. The van der Waals surface area contributed by atoms with E-state index in [9.17, 15) is 9.59 Å². The van der Waals surface area contributed by atoms with Gasteiger partial charge in [-0.1, -0.05) is 24.3 Å². The lowest BCUT2D eigenvalue weighted by Gasteiger charge is -2.15. The number of hydrogen-bond acceptors (Lipinski definition) is 3. The van der Waals surface area contributed by atoms with Crippen molar-refractivity contribution in [2.24, 2.45) is 0 Å². The van der Waals surface area contributed by atoms with Gasteiger partial charge < -0.3 is 10.2 Å². The summed E-state index contributed by atoms with van der Waals surface area (Å²) >= 11 is 0. The van der Waals surface area contributed by atoms with Crippen molar-refractivity contribution >= 4 is 17.6 Å². The van der Waals surface area contributed by atoms with E-state index in [1.54, 1.807) is 11.0 Å². The lowest BCUT2D eigenvalue weighted by atomic mass is 10.1. The molecule has 0 spiro atoms. The normalized spacial score (nSPS) is 15.6. The van der Waals surface area contributed by atoms with Crippen molar-refractivity contribution in [3.63, 3.8) is 0 Å². The van der Waals surface area contributed by atoms with Gasteiger partial charge >= 0.3 is 0 Å². The molecule has 1 aromatic carbocycles. The molecular weight excluding hydrogens is 266 g/mol. The number of aromatic nitrogens is 1. The Morgan fingerprint density at radius 3 is 2.57 bits per heavy atom. The molecule has 2 aliphatic rings. The Morgan fingerprint density at radius 1 is 1.14 bits per heavy atom. The minimum atomic E-state index is -0.0734. The lowest BCUT2D eigenvalue weighted by Crippen LogP contribution is -2.25. The molecule has 1 N–H and O–H groups in total. The van der Waals surface area contributed by atoms with Gasteiger partial charge in [-0.3, -0.25) is 9.59 Å². The van der Waals surface area contributed by atoms with Gasteiger partial charge in [0.1, 0.15) is 5.82 Å². The molecular formula is C16H13N3O2. The topological polar surface area (TPSA) is 62.3 Å². The van der Waals surface area contributed by atoms with Crippen LogP contribution in [0.25, 0.3) is 0 Å². The zero-order valence-corrected chi connectivity index (χ0v) is 11.3. The van der Waals surface area contributed by atoms with Crippen LogP contribution in [0.15, 0.2) is 36.5 Å². The molecule has 4 rings (SSSR count). The van der Waals surface area contributed by atoms with Crippen molar-refractivity contribution in [3.8, 4) is 0 Å². The maximum absolute atomic E-state index is 12.6. The summed E-state index contributed by atoms with van der Waals surface area (Å²) in [4.78, 5) is 29.9. The van der Waals surface area contributed by atoms with Crippen LogP contribution in [0, 0.1) is 0 Å². The van der Waals surface area contributed by atoms with Gasteiger partial charge in [0, 0.05) is 24.8 Å². The number of rotatable bonds is 1. The Labute approximate surface area is 121 Å². The van der Waals surface area contributed by atoms with E-state index in [0.717, 1.165) is 5.56 Å². The van der Waals surface area contributed by atoms with Gasteiger partial charge in [-0.2, -0.15) is 0 Å². The van der Waals surface area contributed by atoms with Crippen LogP contribution in [0.1, 0.15) is 27.0 Å².